The van der Waals surface area contributed by atoms with E-state index in [-0.39, 0.29) is 23.3 Å². The topological polar surface area (TPSA) is 54.7 Å². The van der Waals surface area contributed by atoms with Crippen LogP contribution < -0.4 is 10.1 Å². The van der Waals surface area contributed by atoms with E-state index < -0.39 is 6.61 Å². The van der Waals surface area contributed by atoms with Crippen molar-refractivity contribution in [1.29, 1.82) is 0 Å². The summed E-state index contributed by atoms with van der Waals surface area (Å²) in [6.07, 6.45) is 5.08. The minimum absolute atomic E-state index is 0.0359. The summed E-state index contributed by atoms with van der Waals surface area (Å²) in [7, 11) is 0. The minimum Gasteiger partial charge on any atom is -0.468 e. The van der Waals surface area contributed by atoms with Gasteiger partial charge in [0.05, 0.1) is 12.3 Å². The molecule has 5 nitrogen and oxygen atoms in total. The average molecular weight is 364 g/mol. The fraction of sp³-hybridized carbons (Fsp3) is 0.421. The second-order valence-electron chi connectivity index (χ2n) is 6.24. The van der Waals surface area contributed by atoms with Gasteiger partial charge in [0.25, 0.3) is 5.91 Å². The Morgan fingerprint density at radius 1 is 1.19 bits per heavy atom. The Balaban J connectivity index is 1.65. The first-order valence-corrected chi connectivity index (χ1v) is 8.74. The van der Waals surface area contributed by atoms with E-state index in [1.165, 1.54) is 24.6 Å². The number of nitrogens with zero attached hydrogens (tertiary/aromatic N) is 1. The van der Waals surface area contributed by atoms with Crippen LogP contribution in [0.4, 0.5) is 8.78 Å². The van der Waals surface area contributed by atoms with Crippen molar-refractivity contribution in [3.8, 4) is 5.75 Å². The van der Waals surface area contributed by atoms with Crippen molar-refractivity contribution in [3.05, 3.63) is 54.0 Å². The Kier molecular flexibility index (Phi) is 6.22. The lowest BCUT2D eigenvalue weighted by atomic mass is 10.1. The molecular formula is C19H22F2N2O3. The van der Waals surface area contributed by atoms with Crippen LogP contribution in [0.15, 0.2) is 47.1 Å². The predicted octanol–water partition coefficient (Wildman–Crippen LogP) is 3.84. The Morgan fingerprint density at radius 3 is 2.69 bits per heavy atom. The van der Waals surface area contributed by atoms with E-state index in [9.17, 15) is 13.6 Å². The number of amides is 1. The van der Waals surface area contributed by atoms with Gasteiger partial charge in [-0.1, -0.05) is 12.5 Å². The highest BCUT2D eigenvalue weighted by Gasteiger charge is 2.25. The van der Waals surface area contributed by atoms with Gasteiger partial charge >= 0.3 is 6.61 Å². The van der Waals surface area contributed by atoms with Crippen LogP contribution >= 0.6 is 0 Å². The summed E-state index contributed by atoms with van der Waals surface area (Å²) in [4.78, 5) is 14.7. The molecule has 1 aromatic carbocycles. The lowest BCUT2D eigenvalue weighted by Gasteiger charge is -2.33. The highest BCUT2D eigenvalue weighted by molar-refractivity contribution is 5.94. The van der Waals surface area contributed by atoms with Crippen LogP contribution in [0.3, 0.4) is 0 Å². The first-order valence-electron chi connectivity index (χ1n) is 8.74. The number of furan rings is 1. The van der Waals surface area contributed by atoms with Crippen molar-refractivity contribution in [2.24, 2.45) is 0 Å². The SMILES string of the molecule is O=C(NCC(c1ccco1)N1CCCCC1)c1cccc(OC(F)F)c1. The fourth-order valence-corrected chi connectivity index (χ4v) is 3.23. The third kappa shape index (κ3) is 4.82. The molecule has 1 aliphatic heterocycles. The van der Waals surface area contributed by atoms with E-state index in [1.54, 1.807) is 12.3 Å². The molecule has 1 N–H and O–H groups in total. The number of carbonyl (C=O) groups excluding carboxylic acids is 1. The molecule has 1 aliphatic rings. The van der Waals surface area contributed by atoms with Gasteiger partial charge in [0, 0.05) is 12.1 Å². The Bertz CT molecular complexity index is 701. The number of hydrogen-bond donors (Lipinski definition) is 1. The van der Waals surface area contributed by atoms with Crippen molar-refractivity contribution in [2.45, 2.75) is 31.9 Å². The Morgan fingerprint density at radius 2 is 2.00 bits per heavy atom. The first-order chi connectivity index (χ1) is 12.6. The van der Waals surface area contributed by atoms with Crippen molar-refractivity contribution < 1.29 is 22.7 Å². The minimum atomic E-state index is -2.92. The molecule has 1 fully saturated rings. The molecule has 140 valence electrons. The zero-order valence-corrected chi connectivity index (χ0v) is 14.4. The van der Waals surface area contributed by atoms with Crippen molar-refractivity contribution in [2.75, 3.05) is 19.6 Å². The fourth-order valence-electron chi connectivity index (χ4n) is 3.23. The molecule has 1 aromatic heterocycles. The number of halogens is 2. The maximum Gasteiger partial charge on any atom is 0.387 e. The van der Waals surface area contributed by atoms with Crippen LogP contribution in [0.5, 0.6) is 5.75 Å². The predicted molar refractivity (Wildman–Crippen MR) is 92.3 cm³/mol. The summed E-state index contributed by atoms with van der Waals surface area (Å²) in [5.74, 6) is 0.437. The van der Waals surface area contributed by atoms with E-state index >= 15 is 0 Å². The van der Waals surface area contributed by atoms with Crippen LogP contribution in [-0.2, 0) is 0 Å². The van der Waals surface area contributed by atoms with Crippen LogP contribution in [0.1, 0.15) is 41.4 Å². The Hall–Kier alpha value is -2.41. The molecule has 0 bridgehead atoms. The number of benzene rings is 1. The lowest BCUT2D eigenvalue weighted by Crippen LogP contribution is -2.40. The summed E-state index contributed by atoms with van der Waals surface area (Å²) in [5, 5.41) is 2.88. The standard InChI is InChI=1S/C19H22F2N2O3/c20-19(21)26-15-7-4-6-14(12-15)18(24)22-13-16(17-8-5-11-25-17)23-9-2-1-3-10-23/h4-8,11-12,16,19H,1-3,9-10,13H2,(H,22,24). The molecule has 0 radical (unpaired) electrons. The zero-order valence-electron chi connectivity index (χ0n) is 14.4. The van der Waals surface area contributed by atoms with Gasteiger partial charge in [-0.3, -0.25) is 9.69 Å². The molecule has 1 amide bonds. The molecule has 3 rings (SSSR count). The molecule has 0 saturated carbocycles. The molecule has 1 saturated heterocycles. The molecule has 0 aliphatic carbocycles. The number of ether oxygens (including phenoxy) is 1. The summed E-state index contributed by atoms with van der Waals surface area (Å²) >= 11 is 0. The van der Waals surface area contributed by atoms with Gasteiger partial charge in [-0.25, -0.2) is 0 Å². The molecule has 1 unspecified atom stereocenters. The number of carbonyl (C=O) groups is 1. The number of rotatable bonds is 7. The number of alkyl halides is 2. The van der Waals surface area contributed by atoms with Gasteiger partial charge in [-0.2, -0.15) is 8.78 Å². The van der Waals surface area contributed by atoms with Gasteiger partial charge in [0.1, 0.15) is 11.5 Å². The lowest BCUT2D eigenvalue weighted by molar-refractivity contribution is -0.0498. The van der Waals surface area contributed by atoms with Crippen LogP contribution in [0, 0.1) is 0 Å². The van der Waals surface area contributed by atoms with Gasteiger partial charge in [0.15, 0.2) is 0 Å². The summed E-state index contributed by atoms with van der Waals surface area (Å²) < 4.78 is 34.6. The van der Waals surface area contributed by atoms with Gasteiger partial charge in [0.2, 0.25) is 0 Å². The molecule has 1 atom stereocenters. The highest BCUT2D eigenvalue weighted by Crippen LogP contribution is 2.24. The summed E-state index contributed by atoms with van der Waals surface area (Å²) in [6.45, 7) is -0.625. The van der Waals surface area contributed by atoms with E-state index in [0.29, 0.717) is 6.54 Å². The maximum atomic E-state index is 12.4. The van der Waals surface area contributed by atoms with Gasteiger partial charge < -0.3 is 14.5 Å². The quantitative estimate of drug-likeness (QED) is 0.811. The smallest absolute Gasteiger partial charge is 0.387 e. The molecule has 2 aromatic rings. The highest BCUT2D eigenvalue weighted by atomic mass is 19.3. The van der Waals surface area contributed by atoms with Crippen LogP contribution in [0.25, 0.3) is 0 Å². The van der Waals surface area contributed by atoms with Crippen molar-refractivity contribution in [1.82, 2.24) is 10.2 Å². The molecule has 26 heavy (non-hydrogen) atoms. The summed E-state index contributed by atoms with van der Waals surface area (Å²) in [5.41, 5.74) is 0.278. The molecule has 0 spiro atoms. The zero-order chi connectivity index (χ0) is 18.4. The van der Waals surface area contributed by atoms with Gasteiger partial charge in [-0.05, 0) is 56.3 Å². The maximum absolute atomic E-state index is 12.4. The van der Waals surface area contributed by atoms with Gasteiger partial charge in [-0.15, -0.1) is 0 Å². The van der Waals surface area contributed by atoms with E-state index in [2.05, 4.69) is 15.0 Å². The van der Waals surface area contributed by atoms with Crippen LogP contribution in [-0.4, -0.2) is 37.1 Å². The van der Waals surface area contributed by atoms with Crippen molar-refractivity contribution >= 4 is 5.91 Å². The number of piperidine rings is 1. The van der Waals surface area contributed by atoms with Crippen molar-refractivity contribution in [3.63, 3.8) is 0 Å². The van der Waals surface area contributed by atoms with E-state index in [0.717, 1.165) is 31.7 Å². The normalized spacial score (nSPS) is 16.4. The summed E-state index contributed by atoms with van der Waals surface area (Å²) in [6, 6.07) is 9.47. The number of nitrogens with one attached hydrogen (secondary N) is 1. The third-order valence-corrected chi connectivity index (χ3v) is 4.48. The molecule has 7 heteroatoms. The molecular weight excluding hydrogens is 342 g/mol. The number of hydrogen-bond acceptors (Lipinski definition) is 4. The largest absolute Gasteiger partial charge is 0.468 e. The third-order valence-electron chi connectivity index (χ3n) is 4.48. The second-order valence-corrected chi connectivity index (χ2v) is 6.24. The average Bonchev–Trinajstić information content (AvgIpc) is 3.17. The monoisotopic (exact) mass is 364 g/mol. The van der Waals surface area contributed by atoms with E-state index in [4.69, 9.17) is 4.42 Å². The van der Waals surface area contributed by atoms with E-state index in [1.807, 2.05) is 12.1 Å². The van der Waals surface area contributed by atoms with Crippen LogP contribution in [0.2, 0.25) is 0 Å². The Labute approximate surface area is 150 Å². The number of likely N-dealkylation sites (tertiary alicyclic amines) is 1. The molecule has 2 heterocycles. The first kappa shape index (κ1) is 18.4. The second kappa shape index (κ2) is 8.80.